The molecule has 1 saturated heterocycles. The van der Waals surface area contributed by atoms with Crippen LogP contribution in [-0.2, 0) is 4.79 Å². The van der Waals surface area contributed by atoms with Gasteiger partial charge in [0.15, 0.2) is 0 Å². The fraction of sp³-hybridized carbons (Fsp3) is 0.875. The zero-order valence-corrected chi connectivity index (χ0v) is 9.61. The van der Waals surface area contributed by atoms with E-state index in [1.165, 1.54) is 0 Å². The highest BCUT2D eigenvalue weighted by atomic mass is 79.9. The predicted octanol–water partition coefficient (Wildman–Crippen LogP) is 0.286. The second-order valence-corrected chi connectivity index (χ2v) is 3.10. The Bertz CT molecular complexity index is 158. The lowest BCUT2D eigenvalue weighted by Crippen LogP contribution is -2.47. The van der Waals surface area contributed by atoms with E-state index >= 15 is 0 Å². The number of rotatable bonds is 3. The van der Waals surface area contributed by atoms with Crippen molar-refractivity contribution in [1.29, 1.82) is 0 Å². The van der Waals surface area contributed by atoms with Crippen molar-refractivity contribution in [1.82, 2.24) is 9.80 Å². The molecule has 0 unspecified atom stereocenters. The molecule has 0 aromatic rings. The van der Waals surface area contributed by atoms with Crippen molar-refractivity contribution in [3.8, 4) is 0 Å². The van der Waals surface area contributed by atoms with Crippen molar-refractivity contribution in [2.45, 2.75) is 6.92 Å². The summed E-state index contributed by atoms with van der Waals surface area (Å²) in [5, 5.41) is 8.53. The number of piperazine rings is 1. The molecule has 5 heteroatoms. The average molecular weight is 253 g/mol. The maximum absolute atomic E-state index is 10.4. The monoisotopic (exact) mass is 252 g/mol. The second kappa shape index (κ2) is 6.34. The summed E-state index contributed by atoms with van der Waals surface area (Å²) in [5.41, 5.74) is 0. The fourth-order valence-corrected chi connectivity index (χ4v) is 1.45. The van der Waals surface area contributed by atoms with Gasteiger partial charge in [-0.2, -0.15) is 0 Å². The van der Waals surface area contributed by atoms with Gasteiger partial charge in [0.05, 0.1) is 6.54 Å². The van der Waals surface area contributed by atoms with E-state index in [4.69, 9.17) is 5.11 Å². The zero-order valence-electron chi connectivity index (χ0n) is 7.90. The molecule has 1 rings (SSSR count). The van der Waals surface area contributed by atoms with Gasteiger partial charge in [0.2, 0.25) is 0 Å². The van der Waals surface area contributed by atoms with Gasteiger partial charge in [-0.3, -0.25) is 9.69 Å². The summed E-state index contributed by atoms with van der Waals surface area (Å²) in [4.78, 5) is 14.7. The average Bonchev–Trinajstić information content (AvgIpc) is 2.05. The van der Waals surface area contributed by atoms with E-state index in [1.807, 2.05) is 4.90 Å². The Balaban J connectivity index is 0.00000144. The number of nitrogens with zero attached hydrogens (tertiary/aromatic N) is 2. The van der Waals surface area contributed by atoms with E-state index in [2.05, 4.69) is 11.8 Å². The van der Waals surface area contributed by atoms with Crippen molar-refractivity contribution in [2.75, 3.05) is 39.3 Å². The molecule has 0 aromatic carbocycles. The summed E-state index contributed by atoms with van der Waals surface area (Å²) in [7, 11) is 0. The maximum atomic E-state index is 10.4. The Hall–Kier alpha value is -0.130. The summed E-state index contributed by atoms with van der Waals surface area (Å²) in [5.74, 6) is -0.722. The Morgan fingerprint density at radius 1 is 1.23 bits per heavy atom. The molecular formula is C8H17BrN2O2. The number of carboxylic acid groups (broad SMARTS) is 1. The van der Waals surface area contributed by atoms with E-state index in [1.54, 1.807) is 0 Å². The van der Waals surface area contributed by atoms with Gasteiger partial charge >= 0.3 is 5.97 Å². The quantitative estimate of drug-likeness (QED) is 0.785. The minimum Gasteiger partial charge on any atom is -0.480 e. The highest BCUT2D eigenvalue weighted by molar-refractivity contribution is 8.93. The van der Waals surface area contributed by atoms with Gasteiger partial charge in [0, 0.05) is 26.2 Å². The molecule has 1 N–H and O–H groups in total. The van der Waals surface area contributed by atoms with Gasteiger partial charge in [-0.25, -0.2) is 0 Å². The summed E-state index contributed by atoms with van der Waals surface area (Å²) < 4.78 is 0. The number of hydrogen-bond acceptors (Lipinski definition) is 3. The van der Waals surface area contributed by atoms with Gasteiger partial charge in [0.1, 0.15) is 0 Å². The van der Waals surface area contributed by atoms with Gasteiger partial charge in [-0.15, -0.1) is 17.0 Å². The fourth-order valence-electron chi connectivity index (χ4n) is 1.45. The number of hydrogen-bond donors (Lipinski definition) is 1. The lowest BCUT2D eigenvalue weighted by Gasteiger charge is -2.32. The van der Waals surface area contributed by atoms with Crippen LogP contribution in [0.15, 0.2) is 0 Å². The van der Waals surface area contributed by atoms with Crippen LogP contribution in [0.4, 0.5) is 0 Å². The van der Waals surface area contributed by atoms with Crippen molar-refractivity contribution in [3.05, 3.63) is 0 Å². The summed E-state index contributed by atoms with van der Waals surface area (Å²) in [6, 6.07) is 0. The highest BCUT2D eigenvalue weighted by Crippen LogP contribution is 1.99. The minimum atomic E-state index is -0.722. The van der Waals surface area contributed by atoms with E-state index in [-0.39, 0.29) is 23.5 Å². The molecule has 0 radical (unpaired) electrons. The molecule has 4 nitrogen and oxygen atoms in total. The smallest absolute Gasteiger partial charge is 0.317 e. The topological polar surface area (TPSA) is 43.8 Å². The van der Waals surface area contributed by atoms with Crippen LogP contribution in [0, 0.1) is 0 Å². The van der Waals surface area contributed by atoms with Crippen molar-refractivity contribution < 1.29 is 9.90 Å². The lowest BCUT2D eigenvalue weighted by atomic mass is 10.3. The first kappa shape index (κ1) is 12.9. The molecule has 13 heavy (non-hydrogen) atoms. The third-order valence-electron chi connectivity index (χ3n) is 2.27. The Morgan fingerprint density at radius 2 is 1.69 bits per heavy atom. The van der Waals surface area contributed by atoms with E-state index < -0.39 is 5.97 Å². The van der Waals surface area contributed by atoms with E-state index in [0.29, 0.717) is 0 Å². The van der Waals surface area contributed by atoms with Crippen LogP contribution in [0.2, 0.25) is 0 Å². The SMILES string of the molecule is Br.CCN1CCN(CC(=O)O)CC1. The van der Waals surface area contributed by atoms with Crippen molar-refractivity contribution >= 4 is 23.0 Å². The minimum absolute atomic E-state index is 0. The number of carboxylic acids is 1. The van der Waals surface area contributed by atoms with Crippen LogP contribution >= 0.6 is 17.0 Å². The number of aliphatic carboxylic acids is 1. The maximum Gasteiger partial charge on any atom is 0.317 e. The van der Waals surface area contributed by atoms with Crippen LogP contribution in [0.25, 0.3) is 0 Å². The molecule has 0 bridgehead atoms. The summed E-state index contributed by atoms with van der Waals surface area (Å²) in [6.45, 7) is 7.18. The number of likely N-dealkylation sites (N-methyl/N-ethyl adjacent to an activating group) is 1. The van der Waals surface area contributed by atoms with E-state index in [0.717, 1.165) is 32.7 Å². The molecule has 1 aliphatic heterocycles. The molecular weight excluding hydrogens is 236 g/mol. The van der Waals surface area contributed by atoms with Crippen LogP contribution in [0.1, 0.15) is 6.92 Å². The number of halogens is 1. The first-order valence-corrected chi connectivity index (χ1v) is 4.39. The molecule has 0 aromatic heterocycles. The molecule has 78 valence electrons. The van der Waals surface area contributed by atoms with Crippen molar-refractivity contribution in [2.24, 2.45) is 0 Å². The largest absolute Gasteiger partial charge is 0.480 e. The molecule has 1 aliphatic rings. The van der Waals surface area contributed by atoms with Crippen LogP contribution in [0.3, 0.4) is 0 Å². The molecule has 0 spiro atoms. The summed E-state index contributed by atoms with van der Waals surface area (Å²) in [6.07, 6.45) is 0. The van der Waals surface area contributed by atoms with Gasteiger partial charge in [-0.1, -0.05) is 6.92 Å². The predicted molar refractivity (Wildman–Crippen MR) is 56.5 cm³/mol. The highest BCUT2D eigenvalue weighted by Gasteiger charge is 2.16. The standard InChI is InChI=1S/C8H16N2O2.BrH/c1-2-9-3-5-10(6-4-9)7-8(11)12;/h2-7H2,1H3,(H,11,12);1H. The Kier molecular flexibility index (Phi) is 6.28. The van der Waals surface area contributed by atoms with Gasteiger partial charge < -0.3 is 10.0 Å². The molecule has 1 heterocycles. The third kappa shape index (κ3) is 4.59. The van der Waals surface area contributed by atoms with Gasteiger partial charge in [0.25, 0.3) is 0 Å². The first-order valence-electron chi connectivity index (χ1n) is 4.39. The molecule has 0 aliphatic carbocycles. The molecule has 0 amide bonds. The Labute approximate surface area is 89.3 Å². The van der Waals surface area contributed by atoms with Gasteiger partial charge in [-0.05, 0) is 6.54 Å². The second-order valence-electron chi connectivity index (χ2n) is 3.10. The summed E-state index contributed by atoms with van der Waals surface area (Å²) >= 11 is 0. The Morgan fingerprint density at radius 3 is 2.08 bits per heavy atom. The van der Waals surface area contributed by atoms with Crippen LogP contribution < -0.4 is 0 Å². The van der Waals surface area contributed by atoms with Crippen LogP contribution in [0.5, 0.6) is 0 Å². The zero-order chi connectivity index (χ0) is 8.97. The first-order chi connectivity index (χ1) is 5.72. The lowest BCUT2D eigenvalue weighted by molar-refractivity contribution is -0.138. The van der Waals surface area contributed by atoms with Crippen molar-refractivity contribution in [3.63, 3.8) is 0 Å². The number of carbonyl (C=O) groups is 1. The molecule has 0 saturated carbocycles. The van der Waals surface area contributed by atoms with Crippen LogP contribution in [-0.4, -0.2) is 60.1 Å². The van der Waals surface area contributed by atoms with E-state index in [9.17, 15) is 4.79 Å². The molecule has 0 atom stereocenters. The third-order valence-corrected chi connectivity index (χ3v) is 2.27. The normalized spacial score (nSPS) is 19.5. The molecule has 1 fully saturated rings.